The van der Waals surface area contributed by atoms with E-state index < -0.39 is 12.0 Å². The summed E-state index contributed by atoms with van der Waals surface area (Å²) >= 11 is 0. The highest BCUT2D eigenvalue weighted by Gasteiger charge is 2.40. The maximum atomic E-state index is 12.7. The van der Waals surface area contributed by atoms with Crippen molar-refractivity contribution in [2.24, 2.45) is 0 Å². The molecule has 1 aromatic rings. The van der Waals surface area contributed by atoms with Crippen molar-refractivity contribution >= 4 is 17.8 Å². The number of carbonyl (C=O) groups is 3. The Morgan fingerprint density at radius 1 is 1.32 bits per heavy atom. The lowest BCUT2D eigenvalue weighted by Crippen LogP contribution is -2.39. The van der Waals surface area contributed by atoms with Gasteiger partial charge in [-0.05, 0) is 30.9 Å². The van der Waals surface area contributed by atoms with E-state index in [2.05, 4.69) is 11.9 Å². The van der Waals surface area contributed by atoms with Crippen LogP contribution in [0.25, 0.3) is 0 Å². The molecular weight excluding hydrogens is 320 g/mol. The number of amides is 2. The molecule has 6 heteroatoms. The predicted octanol–water partition coefficient (Wildman–Crippen LogP) is 2.44. The van der Waals surface area contributed by atoms with Crippen molar-refractivity contribution in [1.82, 2.24) is 10.2 Å². The Labute approximate surface area is 147 Å². The molecule has 0 saturated heterocycles. The van der Waals surface area contributed by atoms with Crippen LogP contribution in [0.3, 0.4) is 0 Å². The normalized spacial score (nSPS) is 15.8. The highest BCUT2D eigenvalue weighted by Crippen LogP contribution is 2.35. The molecule has 0 bridgehead atoms. The molecule has 1 aromatic carbocycles. The number of rotatable bonds is 9. The zero-order valence-corrected chi connectivity index (χ0v) is 14.5. The van der Waals surface area contributed by atoms with E-state index in [-0.39, 0.29) is 18.2 Å². The van der Waals surface area contributed by atoms with Crippen LogP contribution in [0.5, 0.6) is 0 Å². The molecule has 25 heavy (non-hydrogen) atoms. The number of nitrogens with zero attached hydrogens (tertiary/aromatic N) is 1. The molecule has 6 nitrogen and oxygen atoms in total. The number of carboxylic acid groups (broad SMARTS) is 1. The molecule has 1 aliphatic rings. The lowest BCUT2D eigenvalue weighted by atomic mass is 10.00. The molecule has 0 aliphatic carbocycles. The Balaban J connectivity index is 2.02. The van der Waals surface area contributed by atoms with Gasteiger partial charge in [-0.3, -0.25) is 14.4 Å². The molecule has 2 rings (SSSR count). The number of hydrogen-bond donors (Lipinski definition) is 2. The van der Waals surface area contributed by atoms with Crippen molar-refractivity contribution in [3.8, 4) is 0 Å². The number of nitrogens with one attached hydrogen (secondary N) is 1. The molecule has 2 amide bonds. The summed E-state index contributed by atoms with van der Waals surface area (Å²) in [6.07, 6.45) is 3.80. The molecule has 0 radical (unpaired) electrons. The highest BCUT2D eigenvalue weighted by molar-refractivity contribution is 6.05. The first-order valence-electron chi connectivity index (χ1n) is 8.48. The maximum Gasteiger partial charge on any atom is 0.303 e. The van der Waals surface area contributed by atoms with Gasteiger partial charge in [0, 0.05) is 25.1 Å². The minimum absolute atomic E-state index is 0.144. The second-order valence-electron chi connectivity index (χ2n) is 6.18. The van der Waals surface area contributed by atoms with Crippen molar-refractivity contribution in [3.63, 3.8) is 0 Å². The summed E-state index contributed by atoms with van der Waals surface area (Å²) in [5.41, 5.74) is 2.20. The smallest absolute Gasteiger partial charge is 0.303 e. The number of fused-ring (bicyclic) bond motifs is 1. The van der Waals surface area contributed by atoms with E-state index in [1.54, 1.807) is 6.08 Å². The van der Waals surface area contributed by atoms with E-state index >= 15 is 0 Å². The summed E-state index contributed by atoms with van der Waals surface area (Å²) < 4.78 is 0. The molecule has 0 spiro atoms. The number of aliphatic carboxylic acids is 1. The zero-order chi connectivity index (χ0) is 18.4. The summed E-state index contributed by atoms with van der Waals surface area (Å²) in [6, 6.07) is 4.90. The molecule has 2 N–H and O–H groups in total. The third-order valence-electron chi connectivity index (χ3n) is 4.33. The molecule has 0 fully saturated rings. The van der Waals surface area contributed by atoms with E-state index in [9.17, 15) is 14.4 Å². The van der Waals surface area contributed by atoms with Gasteiger partial charge in [0.05, 0.1) is 0 Å². The van der Waals surface area contributed by atoms with Crippen LogP contribution < -0.4 is 5.32 Å². The van der Waals surface area contributed by atoms with Crippen LogP contribution in [0.2, 0.25) is 0 Å². The Hall–Kier alpha value is -2.63. The van der Waals surface area contributed by atoms with E-state index in [0.29, 0.717) is 31.5 Å². The van der Waals surface area contributed by atoms with Gasteiger partial charge in [0.2, 0.25) is 5.91 Å². The second kappa shape index (κ2) is 8.46. The number of benzene rings is 1. The van der Waals surface area contributed by atoms with Crippen LogP contribution >= 0.6 is 0 Å². The van der Waals surface area contributed by atoms with Crippen molar-refractivity contribution in [3.05, 3.63) is 47.5 Å². The van der Waals surface area contributed by atoms with Gasteiger partial charge >= 0.3 is 5.97 Å². The van der Waals surface area contributed by atoms with Crippen LogP contribution in [-0.4, -0.2) is 40.9 Å². The fraction of sp³-hybridized carbons (Fsp3) is 0.421. The number of carboxylic acids is 1. The van der Waals surface area contributed by atoms with Crippen LogP contribution in [0.15, 0.2) is 30.9 Å². The van der Waals surface area contributed by atoms with Gasteiger partial charge in [0.25, 0.3) is 5.91 Å². The lowest BCUT2D eigenvalue weighted by Gasteiger charge is -2.23. The predicted molar refractivity (Wildman–Crippen MR) is 94.3 cm³/mol. The Kier molecular flexibility index (Phi) is 6.33. The van der Waals surface area contributed by atoms with Gasteiger partial charge in [-0.1, -0.05) is 30.7 Å². The zero-order valence-electron chi connectivity index (χ0n) is 14.5. The molecule has 1 unspecified atom stereocenters. The van der Waals surface area contributed by atoms with Gasteiger partial charge in [-0.15, -0.1) is 6.58 Å². The minimum atomic E-state index is -0.805. The van der Waals surface area contributed by atoms with Crippen molar-refractivity contribution in [2.75, 3.05) is 13.1 Å². The van der Waals surface area contributed by atoms with Crippen LogP contribution in [-0.2, 0) is 9.59 Å². The van der Waals surface area contributed by atoms with Crippen molar-refractivity contribution < 1.29 is 19.5 Å². The van der Waals surface area contributed by atoms with Crippen LogP contribution in [0.4, 0.5) is 0 Å². The molecule has 0 aromatic heterocycles. The monoisotopic (exact) mass is 344 g/mol. The molecule has 134 valence electrons. The van der Waals surface area contributed by atoms with Gasteiger partial charge in [0.1, 0.15) is 6.04 Å². The molecule has 0 saturated carbocycles. The average molecular weight is 344 g/mol. The molecular formula is C19H24N2O4. The molecule has 1 atom stereocenters. The van der Waals surface area contributed by atoms with Gasteiger partial charge in [-0.2, -0.15) is 0 Å². The maximum absolute atomic E-state index is 12.7. The lowest BCUT2D eigenvalue weighted by molar-refractivity contribution is -0.137. The summed E-state index contributed by atoms with van der Waals surface area (Å²) in [5.74, 6) is -1.16. The first-order chi connectivity index (χ1) is 12.0. The van der Waals surface area contributed by atoms with E-state index in [1.165, 1.54) is 4.90 Å². The first-order valence-corrected chi connectivity index (χ1v) is 8.48. The van der Waals surface area contributed by atoms with Crippen molar-refractivity contribution in [1.29, 1.82) is 0 Å². The SMILES string of the molecule is C=CCN1C(=O)c2c(C)cccc2C1C(=O)NCCCCCC(=O)O. The van der Waals surface area contributed by atoms with E-state index in [1.807, 2.05) is 25.1 Å². The quantitative estimate of drug-likeness (QED) is 0.532. The first kappa shape index (κ1) is 18.7. The fourth-order valence-corrected chi connectivity index (χ4v) is 3.14. The summed E-state index contributed by atoms with van der Waals surface area (Å²) in [6.45, 7) is 6.31. The fourth-order valence-electron chi connectivity index (χ4n) is 3.14. The Bertz CT molecular complexity index is 684. The standard InChI is InChI=1S/C19H24N2O4/c1-3-12-21-17(14-9-7-8-13(2)16(14)19(21)25)18(24)20-11-6-4-5-10-15(22)23/h3,7-9,17H,1,4-6,10-12H2,2H3,(H,20,24)(H,22,23). The third kappa shape index (κ3) is 4.26. The van der Waals surface area contributed by atoms with Crippen molar-refractivity contribution in [2.45, 2.75) is 38.6 Å². The largest absolute Gasteiger partial charge is 0.481 e. The van der Waals surface area contributed by atoms with E-state index in [4.69, 9.17) is 5.11 Å². The number of aryl methyl sites for hydroxylation is 1. The average Bonchev–Trinajstić information content (AvgIpc) is 2.84. The Morgan fingerprint density at radius 2 is 2.08 bits per heavy atom. The summed E-state index contributed by atoms with van der Waals surface area (Å²) in [4.78, 5) is 37.3. The molecule has 1 heterocycles. The van der Waals surface area contributed by atoms with E-state index in [0.717, 1.165) is 17.5 Å². The summed E-state index contributed by atoms with van der Waals surface area (Å²) in [5, 5.41) is 11.5. The second-order valence-corrected chi connectivity index (χ2v) is 6.18. The van der Waals surface area contributed by atoms with Crippen LogP contribution in [0, 0.1) is 6.92 Å². The van der Waals surface area contributed by atoms with Gasteiger partial charge in [0.15, 0.2) is 0 Å². The third-order valence-corrected chi connectivity index (χ3v) is 4.33. The topological polar surface area (TPSA) is 86.7 Å². The number of unbranched alkanes of at least 4 members (excludes halogenated alkanes) is 2. The minimum Gasteiger partial charge on any atom is -0.481 e. The van der Waals surface area contributed by atoms with Crippen LogP contribution in [0.1, 0.15) is 53.2 Å². The number of hydrogen-bond acceptors (Lipinski definition) is 3. The highest BCUT2D eigenvalue weighted by atomic mass is 16.4. The molecule has 1 aliphatic heterocycles. The Morgan fingerprint density at radius 3 is 2.76 bits per heavy atom. The summed E-state index contributed by atoms with van der Waals surface area (Å²) in [7, 11) is 0. The number of carbonyl (C=O) groups excluding carboxylic acids is 2. The van der Waals surface area contributed by atoms with Gasteiger partial charge in [-0.25, -0.2) is 0 Å². The van der Waals surface area contributed by atoms with Gasteiger partial charge < -0.3 is 15.3 Å².